The summed E-state index contributed by atoms with van der Waals surface area (Å²) in [5, 5.41) is 2.92. The monoisotopic (exact) mass is 193 g/mol. The van der Waals surface area contributed by atoms with Crippen LogP contribution in [-0.4, -0.2) is 29.1 Å². The normalized spacial score (nSPS) is 28.1. The molecule has 3 nitrogen and oxygen atoms in total. The predicted octanol–water partition coefficient (Wildman–Crippen LogP) is 0.898. The smallest absolute Gasteiger partial charge is 0.302 e. The lowest BCUT2D eigenvalue weighted by Gasteiger charge is -2.35. The molecule has 1 aliphatic heterocycles. The Balaban J connectivity index is 2.66. The maximum absolute atomic E-state index is 11.6. The third kappa shape index (κ3) is 1.90. The molecule has 1 heterocycles. The molecular formula is C7H12FNO2S. The first kappa shape index (κ1) is 9.80. The van der Waals surface area contributed by atoms with Gasteiger partial charge in [-0.05, 0) is 13.8 Å². The summed E-state index contributed by atoms with van der Waals surface area (Å²) in [5.41, 5.74) is 0. The first-order valence-electron chi connectivity index (χ1n) is 3.77. The number of hydrogen-bond donors (Lipinski definition) is 1. The van der Waals surface area contributed by atoms with Crippen molar-refractivity contribution in [3.8, 4) is 0 Å². The lowest BCUT2D eigenvalue weighted by molar-refractivity contribution is -0.187. The molecule has 0 aliphatic carbocycles. The van der Waals surface area contributed by atoms with Gasteiger partial charge >= 0.3 is 5.97 Å². The van der Waals surface area contributed by atoms with Crippen molar-refractivity contribution >= 4 is 17.7 Å². The number of thioether (sulfide) groups is 1. The second kappa shape index (κ2) is 3.62. The Labute approximate surface area is 74.9 Å². The maximum atomic E-state index is 11.6. The summed E-state index contributed by atoms with van der Waals surface area (Å²) in [4.78, 5) is 14.1. The molecule has 1 rings (SSSR count). The van der Waals surface area contributed by atoms with Gasteiger partial charge in [0.25, 0.3) is 0 Å². The molecule has 0 bridgehead atoms. The van der Waals surface area contributed by atoms with E-state index in [-0.39, 0.29) is 4.75 Å². The Morgan fingerprint density at radius 3 is 2.92 bits per heavy atom. The molecule has 1 N–H and O–H groups in total. The number of nitrogens with one attached hydrogen (secondary N) is 1. The first-order chi connectivity index (χ1) is 5.58. The topological polar surface area (TPSA) is 38.3 Å². The van der Waals surface area contributed by atoms with E-state index in [2.05, 4.69) is 10.3 Å². The molecule has 12 heavy (non-hydrogen) atoms. The molecule has 70 valence electrons. The van der Waals surface area contributed by atoms with Crippen molar-refractivity contribution in [3.05, 3.63) is 0 Å². The van der Waals surface area contributed by atoms with Gasteiger partial charge in [-0.2, -0.15) is 11.8 Å². The van der Waals surface area contributed by atoms with Gasteiger partial charge in [-0.1, -0.05) is 0 Å². The molecule has 1 unspecified atom stereocenters. The van der Waals surface area contributed by atoms with Crippen LogP contribution in [0.25, 0.3) is 0 Å². The fourth-order valence-corrected chi connectivity index (χ4v) is 2.35. The van der Waals surface area contributed by atoms with E-state index in [0.717, 1.165) is 5.75 Å². The van der Waals surface area contributed by atoms with Crippen LogP contribution in [0.3, 0.4) is 0 Å². The SMILES string of the molecule is CC1(C)SCCNC1C(=O)OF. The highest BCUT2D eigenvalue weighted by molar-refractivity contribution is 8.00. The molecule has 0 amide bonds. The zero-order valence-corrected chi connectivity index (χ0v) is 7.91. The maximum Gasteiger partial charge on any atom is 0.366 e. The third-order valence-electron chi connectivity index (χ3n) is 1.93. The minimum atomic E-state index is -0.827. The highest BCUT2D eigenvalue weighted by Crippen LogP contribution is 2.31. The molecule has 0 spiro atoms. The standard InChI is InChI=1S/C7H12FNO2S/c1-7(2)5(6(10)11-8)9-3-4-12-7/h5,9H,3-4H2,1-2H3. The molecule has 0 radical (unpaired) electrons. The summed E-state index contributed by atoms with van der Waals surface area (Å²) < 4.78 is 11.3. The number of carbonyl (C=O) groups is 1. The second-order valence-electron chi connectivity index (χ2n) is 3.24. The zero-order chi connectivity index (χ0) is 9.19. The van der Waals surface area contributed by atoms with Gasteiger partial charge in [0.1, 0.15) is 6.04 Å². The third-order valence-corrected chi connectivity index (χ3v) is 3.32. The average molecular weight is 193 g/mol. The molecule has 1 aliphatic rings. The van der Waals surface area contributed by atoms with E-state index in [1.807, 2.05) is 13.8 Å². The van der Waals surface area contributed by atoms with Crippen molar-refractivity contribution < 1.29 is 14.3 Å². The lowest BCUT2D eigenvalue weighted by atomic mass is 10.0. The highest BCUT2D eigenvalue weighted by Gasteiger charge is 2.39. The van der Waals surface area contributed by atoms with Crippen molar-refractivity contribution in [2.75, 3.05) is 12.3 Å². The Hall–Kier alpha value is -0.290. The predicted molar refractivity (Wildman–Crippen MR) is 45.5 cm³/mol. The Kier molecular flexibility index (Phi) is 2.95. The second-order valence-corrected chi connectivity index (χ2v) is 4.98. The molecule has 0 saturated carbocycles. The van der Waals surface area contributed by atoms with Crippen molar-refractivity contribution in [2.45, 2.75) is 24.6 Å². The summed E-state index contributed by atoms with van der Waals surface area (Å²) in [6, 6.07) is -0.541. The van der Waals surface area contributed by atoms with Crippen molar-refractivity contribution in [2.24, 2.45) is 0 Å². The van der Waals surface area contributed by atoms with E-state index in [9.17, 15) is 9.32 Å². The molecule has 0 aromatic heterocycles. The minimum absolute atomic E-state index is 0.290. The van der Waals surface area contributed by atoms with Crippen LogP contribution >= 0.6 is 11.8 Å². The fraction of sp³-hybridized carbons (Fsp3) is 0.857. The summed E-state index contributed by atoms with van der Waals surface area (Å²) in [6.45, 7) is 4.50. The van der Waals surface area contributed by atoms with Crippen LogP contribution in [-0.2, 0) is 9.74 Å². The molecule has 1 fully saturated rings. The average Bonchev–Trinajstić information content (AvgIpc) is 2.02. The lowest BCUT2D eigenvalue weighted by Crippen LogP contribution is -2.54. The van der Waals surface area contributed by atoms with Crippen molar-refractivity contribution in [1.82, 2.24) is 5.32 Å². The van der Waals surface area contributed by atoms with Crippen LogP contribution in [0.15, 0.2) is 0 Å². The largest absolute Gasteiger partial charge is 0.366 e. The minimum Gasteiger partial charge on any atom is -0.302 e. The quantitative estimate of drug-likeness (QED) is 0.671. The van der Waals surface area contributed by atoms with Gasteiger partial charge < -0.3 is 5.32 Å². The fourth-order valence-electron chi connectivity index (χ4n) is 1.26. The molecule has 5 heteroatoms. The van der Waals surface area contributed by atoms with Crippen LogP contribution in [0.1, 0.15) is 13.8 Å². The number of hydrogen-bond acceptors (Lipinski definition) is 4. The van der Waals surface area contributed by atoms with E-state index in [1.165, 1.54) is 0 Å². The van der Waals surface area contributed by atoms with Crippen molar-refractivity contribution in [1.29, 1.82) is 0 Å². The van der Waals surface area contributed by atoms with Gasteiger partial charge in [0.15, 0.2) is 0 Å². The van der Waals surface area contributed by atoms with Crippen LogP contribution in [0.2, 0.25) is 0 Å². The summed E-state index contributed by atoms with van der Waals surface area (Å²) in [5.74, 6) is 0.107. The first-order valence-corrected chi connectivity index (χ1v) is 4.76. The Bertz CT molecular complexity index is 186. The molecule has 0 aromatic rings. The summed E-state index contributed by atoms with van der Waals surface area (Å²) in [7, 11) is 0. The molecule has 1 saturated heterocycles. The van der Waals surface area contributed by atoms with E-state index in [4.69, 9.17) is 0 Å². The van der Waals surface area contributed by atoms with E-state index in [0.29, 0.717) is 6.54 Å². The summed E-state index contributed by atoms with van der Waals surface area (Å²) in [6.07, 6.45) is 0. The van der Waals surface area contributed by atoms with E-state index >= 15 is 0 Å². The molecule has 1 atom stereocenters. The highest BCUT2D eigenvalue weighted by atomic mass is 32.2. The van der Waals surface area contributed by atoms with Crippen LogP contribution < -0.4 is 5.32 Å². The number of rotatable bonds is 1. The van der Waals surface area contributed by atoms with Crippen molar-refractivity contribution in [3.63, 3.8) is 0 Å². The number of carbonyl (C=O) groups excluding carboxylic acids is 1. The zero-order valence-electron chi connectivity index (χ0n) is 7.09. The Morgan fingerprint density at radius 2 is 2.42 bits per heavy atom. The Morgan fingerprint density at radius 1 is 1.75 bits per heavy atom. The van der Waals surface area contributed by atoms with Gasteiger partial charge in [0.05, 0.1) is 0 Å². The van der Waals surface area contributed by atoms with Crippen LogP contribution in [0.5, 0.6) is 0 Å². The number of halogens is 1. The van der Waals surface area contributed by atoms with Crippen LogP contribution in [0.4, 0.5) is 4.53 Å². The van der Waals surface area contributed by atoms with Crippen LogP contribution in [0, 0.1) is 0 Å². The van der Waals surface area contributed by atoms with E-state index < -0.39 is 12.0 Å². The van der Waals surface area contributed by atoms with Gasteiger partial charge in [-0.15, -0.1) is 0 Å². The summed E-state index contributed by atoms with van der Waals surface area (Å²) >= 11 is 1.64. The van der Waals surface area contributed by atoms with Gasteiger partial charge in [-0.25, -0.2) is 4.79 Å². The van der Waals surface area contributed by atoms with E-state index in [1.54, 1.807) is 11.8 Å². The molecular weight excluding hydrogens is 181 g/mol. The van der Waals surface area contributed by atoms with Gasteiger partial charge in [0.2, 0.25) is 0 Å². The van der Waals surface area contributed by atoms with Gasteiger partial charge in [-0.3, -0.25) is 4.94 Å². The van der Waals surface area contributed by atoms with Gasteiger partial charge in [0, 0.05) is 21.6 Å². The molecule has 0 aromatic carbocycles.